The highest BCUT2D eigenvalue weighted by atomic mass is 19.1. The number of nitrogens with zero attached hydrogens (tertiary/aromatic N) is 4. The molecule has 4 rings (SSSR count). The fraction of sp³-hybridized carbons (Fsp3) is 0.154. The van der Waals surface area contributed by atoms with Gasteiger partial charge in [0.1, 0.15) is 23.7 Å². The standard InChI is InChI=1S/C26H23FN4O4/c27-19-8-6-17(7-9-19)25-24(22-10-12-28-16-29-22)30-26(18-4-2-1-3-5-18)31(25)13-11-20(32)14-21(33)15-23(34)35/h1-13,16,20-21,32-33H,14-15H2,(H,34,35)/b13-11+. The SMILES string of the molecule is O=C(O)CC(O)CC(O)/C=C/n1c(-c2ccccc2)nc(-c2ccncn2)c1-c1ccc(F)cc1. The van der Waals surface area contributed by atoms with Crippen LogP contribution in [0.15, 0.2) is 79.3 Å². The molecule has 0 aliphatic heterocycles. The Bertz CT molecular complexity index is 1310. The van der Waals surface area contributed by atoms with E-state index in [9.17, 15) is 19.4 Å². The third kappa shape index (κ3) is 5.84. The number of aliphatic carboxylic acids is 1. The topological polar surface area (TPSA) is 121 Å². The number of imidazole rings is 1. The Morgan fingerprint density at radius 2 is 1.77 bits per heavy atom. The van der Waals surface area contributed by atoms with Crippen LogP contribution in [0, 0.1) is 5.82 Å². The number of carboxylic acid groups (broad SMARTS) is 1. The zero-order chi connectivity index (χ0) is 24.8. The zero-order valence-electron chi connectivity index (χ0n) is 18.6. The first-order chi connectivity index (χ1) is 16.9. The molecule has 0 saturated heterocycles. The van der Waals surface area contributed by atoms with Crippen LogP contribution in [0.3, 0.4) is 0 Å². The average Bonchev–Trinajstić information content (AvgIpc) is 3.23. The summed E-state index contributed by atoms with van der Waals surface area (Å²) in [5.74, 6) is -0.985. The van der Waals surface area contributed by atoms with Gasteiger partial charge in [-0.2, -0.15) is 0 Å². The summed E-state index contributed by atoms with van der Waals surface area (Å²) in [5.41, 5.74) is 3.15. The second-order valence-corrected chi connectivity index (χ2v) is 7.87. The summed E-state index contributed by atoms with van der Waals surface area (Å²) in [5, 5.41) is 29.2. The van der Waals surface area contributed by atoms with Crippen molar-refractivity contribution in [1.29, 1.82) is 0 Å². The van der Waals surface area contributed by atoms with Gasteiger partial charge >= 0.3 is 5.97 Å². The molecule has 35 heavy (non-hydrogen) atoms. The quantitative estimate of drug-likeness (QED) is 0.337. The van der Waals surface area contributed by atoms with Gasteiger partial charge in [-0.25, -0.2) is 19.3 Å². The zero-order valence-corrected chi connectivity index (χ0v) is 18.6. The molecule has 2 aromatic heterocycles. The summed E-state index contributed by atoms with van der Waals surface area (Å²) >= 11 is 0. The van der Waals surface area contributed by atoms with Crippen LogP contribution in [0.1, 0.15) is 12.8 Å². The Balaban J connectivity index is 1.86. The molecular formula is C26H23FN4O4. The molecule has 0 amide bonds. The maximum absolute atomic E-state index is 13.7. The van der Waals surface area contributed by atoms with Gasteiger partial charge in [-0.1, -0.05) is 30.3 Å². The summed E-state index contributed by atoms with van der Waals surface area (Å²) in [6.07, 6.45) is 3.14. The van der Waals surface area contributed by atoms with Crippen LogP contribution >= 0.6 is 0 Å². The highest BCUT2D eigenvalue weighted by Gasteiger charge is 2.21. The number of carboxylic acids is 1. The molecule has 0 spiro atoms. The summed E-state index contributed by atoms with van der Waals surface area (Å²) in [7, 11) is 0. The fourth-order valence-electron chi connectivity index (χ4n) is 3.69. The van der Waals surface area contributed by atoms with Crippen LogP contribution in [-0.4, -0.2) is 53.0 Å². The molecule has 0 aliphatic rings. The molecule has 178 valence electrons. The van der Waals surface area contributed by atoms with Gasteiger partial charge in [-0.3, -0.25) is 9.36 Å². The predicted molar refractivity (Wildman–Crippen MR) is 128 cm³/mol. The molecular weight excluding hydrogens is 451 g/mol. The van der Waals surface area contributed by atoms with E-state index in [1.807, 2.05) is 30.3 Å². The smallest absolute Gasteiger partial charge is 0.305 e. The van der Waals surface area contributed by atoms with Crippen LogP contribution in [-0.2, 0) is 4.79 Å². The number of halogens is 1. The minimum atomic E-state index is -1.20. The van der Waals surface area contributed by atoms with Gasteiger partial charge in [0.2, 0.25) is 0 Å². The highest BCUT2D eigenvalue weighted by molar-refractivity contribution is 5.82. The molecule has 0 radical (unpaired) electrons. The molecule has 3 N–H and O–H groups in total. The van der Waals surface area contributed by atoms with Gasteiger partial charge in [-0.05, 0) is 36.4 Å². The Morgan fingerprint density at radius 1 is 1.03 bits per heavy atom. The van der Waals surface area contributed by atoms with E-state index < -0.39 is 24.6 Å². The summed E-state index contributed by atoms with van der Waals surface area (Å²) in [6, 6.07) is 17.1. The minimum absolute atomic E-state index is 0.150. The molecule has 2 atom stereocenters. The van der Waals surface area contributed by atoms with E-state index in [-0.39, 0.29) is 12.2 Å². The van der Waals surface area contributed by atoms with Gasteiger partial charge in [0, 0.05) is 29.9 Å². The molecule has 0 bridgehead atoms. The number of aliphatic hydroxyl groups excluding tert-OH is 2. The van der Waals surface area contributed by atoms with Crippen molar-refractivity contribution < 1.29 is 24.5 Å². The molecule has 8 nitrogen and oxygen atoms in total. The van der Waals surface area contributed by atoms with Crippen LogP contribution < -0.4 is 0 Å². The van der Waals surface area contributed by atoms with Crippen molar-refractivity contribution in [3.05, 3.63) is 85.1 Å². The summed E-state index contributed by atoms with van der Waals surface area (Å²) in [6.45, 7) is 0. The number of hydrogen-bond donors (Lipinski definition) is 3. The van der Waals surface area contributed by atoms with Gasteiger partial charge in [0.05, 0.1) is 30.0 Å². The second kappa shape index (κ2) is 10.8. The summed E-state index contributed by atoms with van der Waals surface area (Å²) < 4.78 is 15.5. The molecule has 0 aliphatic carbocycles. The van der Waals surface area contributed by atoms with Crippen molar-refractivity contribution in [2.75, 3.05) is 0 Å². The molecule has 2 heterocycles. The van der Waals surface area contributed by atoms with Crippen molar-refractivity contribution in [3.8, 4) is 34.0 Å². The van der Waals surface area contributed by atoms with Crippen molar-refractivity contribution in [2.45, 2.75) is 25.0 Å². The van der Waals surface area contributed by atoms with Crippen molar-refractivity contribution in [2.24, 2.45) is 0 Å². The number of benzene rings is 2. The van der Waals surface area contributed by atoms with E-state index in [0.717, 1.165) is 5.56 Å². The second-order valence-electron chi connectivity index (χ2n) is 7.87. The van der Waals surface area contributed by atoms with E-state index in [1.54, 1.807) is 35.2 Å². The first-order valence-corrected chi connectivity index (χ1v) is 10.9. The van der Waals surface area contributed by atoms with E-state index in [1.165, 1.54) is 24.5 Å². The van der Waals surface area contributed by atoms with Crippen LogP contribution in [0.4, 0.5) is 4.39 Å². The number of aliphatic hydroxyl groups is 2. The highest BCUT2D eigenvalue weighted by Crippen LogP contribution is 2.36. The first-order valence-electron chi connectivity index (χ1n) is 10.9. The van der Waals surface area contributed by atoms with Crippen molar-refractivity contribution >= 4 is 12.2 Å². The number of carbonyl (C=O) groups is 1. The van der Waals surface area contributed by atoms with E-state index in [4.69, 9.17) is 10.1 Å². The number of rotatable bonds is 9. The van der Waals surface area contributed by atoms with Gasteiger partial charge < -0.3 is 15.3 Å². The predicted octanol–water partition coefficient (Wildman–Crippen LogP) is 3.87. The Hall–Kier alpha value is -4.21. The minimum Gasteiger partial charge on any atom is -0.481 e. The van der Waals surface area contributed by atoms with Gasteiger partial charge in [-0.15, -0.1) is 0 Å². The van der Waals surface area contributed by atoms with Crippen LogP contribution in [0.5, 0.6) is 0 Å². The van der Waals surface area contributed by atoms with Crippen molar-refractivity contribution in [3.63, 3.8) is 0 Å². The fourth-order valence-corrected chi connectivity index (χ4v) is 3.69. The van der Waals surface area contributed by atoms with Gasteiger partial charge in [0.25, 0.3) is 0 Å². The molecule has 2 unspecified atom stereocenters. The lowest BCUT2D eigenvalue weighted by atomic mass is 10.1. The Kier molecular flexibility index (Phi) is 7.39. The average molecular weight is 474 g/mol. The number of aromatic nitrogens is 4. The summed E-state index contributed by atoms with van der Waals surface area (Å²) in [4.78, 5) is 24.0. The molecule has 0 fully saturated rings. The largest absolute Gasteiger partial charge is 0.481 e. The molecule has 2 aromatic carbocycles. The number of hydrogen-bond acceptors (Lipinski definition) is 6. The molecule has 0 saturated carbocycles. The lowest BCUT2D eigenvalue weighted by Gasteiger charge is -2.13. The lowest BCUT2D eigenvalue weighted by molar-refractivity contribution is -0.139. The molecule has 9 heteroatoms. The lowest BCUT2D eigenvalue weighted by Crippen LogP contribution is -2.19. The van der Waals surface area contributed by atoms with E-state index in [2.05, 4.69) is 9.97 Å². The third-order valence-electron chi connectivity index (χ3n) is 5.27. The Labute approximate surface area is 200 Å². The third-order valence-corrected chi connectivity index (χ3v) is 5.27. The van der Waals surface area contributed by atoms with Crippen LogP contribution in [0.25, 0.3) is 40.2 Å². The first kappa shape index (κ1) is 23.9. The van der Waals surface area contributed by atoms with Crippen molar-refractivity contribution in [1.82, 2.24) is 19.5 Å². The van der Waals surface area contributed by atoms with Crippen LogP contribution in [0.2, 0.25) is 0 Å². The monoisotopic (exact) mass is 474 g/mol. The molecule has 4 aromatic rings. The van der Waals surface area contributed by atoms with Gasteiger partial charge in [0.15, 0.2) is 0 Å². The maximum atomic E-state index is 13.7. The maximum Gasteiger partial charge on any atom is 0.305 e. The normalized spacial score (nSPS) is 13.1. The van der Waals surface area contributed by atoms with E-state index >= 15 is 0 Å². The Morgan fingerprint density at radius 3 is 2.43 bits per heavy atom. The van der Waals surface area contributed by atoms with E-state index in [0.29, 0.717) is 28.5 Å².